The van der Waals surface area contributed by atoms with E-state index < -0.39 is 0 Å². The maximum atomic E-state index is 4.77. The molecule has 2 rings (SSSR count). The van der Waals surface area contributed by atoms with E-state index in [4.69, 9.17) is 4.98 Å². The van der Waals surface area contributed by atoms with E-state index in [0.717, 1.165) is 30.9 Å². The fraction of sp³-hybridized carbons (Fsp3) is 0.588. The zero-order valence-corrected chi connectivity index (χ0v) is 13.7. The largest absolute Gasteiger partial charge is 0.316 e. The summed E-state index contributed by atoms with van der Waals surface area (Å²) in [5.41, 5.74) is 1.15. The summed E-state index contributed by atoms with van der Waals surface area (Å²) in [6.45, 7) is 9.01. The lowest BCUT2D eigenvalue weighted by Crippen LogP contribution is -2.27. The number of benzene rings is 1. The van der Waals surface area contributed by atoms with E-state index >= 15 is 0 Å². The quantitative estimate of drug-likeness (QED) is 0.774. The number of nitrogens with zero attached hydrogens (tertiary/aromatic N) is 1. The number of aromatic nitrogens is 1. The van der Waals surface area contributed by atoms with Crippen LogP contribution in [-0.2, 0) is 6.42 Å². The molecule has 1 aromatic heterocycles. The van der Waals surface area contributed by atoms with Gasteiger partial charge in [-0.3, -0.25) is 0 Å². The van der Waals surface area contributed by atoms with Crippen molar-refractivity contribution >= 4 is 21.6 Å². The maximum absolute atomic E-state index is 4.77. The van der Waals surface area contributed by atoms with E-state index in [9.17, 15) is 0 Å². The Morgan fingerprint density at radius 3 is 2.70 bits per heavy atom. The zero-order valence-electron chi connectivity index (χ0n) is 12.9. The molecule has 0 radical (unpaired) electrons. The molecule has 0 saturated heterocycles. The van der Waals surface area contributed by atoms with E-state index in [2.05, 4.69) is 50.4 Å². The van der Waals surface area contributed by atoms with Crippen molar-refractivity contribution in [3.63, 3.8) is 0 Å². The molecule has 3 heteroatoms. The van der Waals surface area contributed by atoms with Gasteiger partial charge in [0.05, 0.1) is 15.2 Å². The number of thiazole rings is 1. The average molecular weight is 290 g/mol. The summed E-state index contributed by atoms with van der Waals surface area (Å²) in [6.07, 6.45) is 3.64. The van der Waals surface area contributed by atoms with Crippen molar-refractivity contribution < 1.29 is 0 Å². The number of fused-ring (bicyclic) bond motifs is 1. The van der Waals surface area contributed by atoms with Gasteiger partial charge in [-0.05, 0) is 43.5 Å². The fourth-order valence-electron chi connectivity index (χ4n) is 2.51. The predicted octanol–water partition coefficient (Wildman–Crippen LogP) is 4.50. The van der Waals surface area contributed by atoms with Gasteiger partial charge in [-0.15, -0.1) is 11.3 Å². The average Bonchev–Trinajstić information content (AvgIpc) is 2.80. The van der Waals surface area contributed by atoms with Gasteiger partial charge in [0.15, 0.2) is 0 Å². The van der Waals surface area contributed by atoms with Crippen LogP contribution in [0.15, 0.2) is 24.3 Å². The van der Waals surface area contributed by atoms with Gasteiger partial charge in [0, 0.05) is 6.42 Å². The normalized spacial score (nSPS) is 13.2. The molecule has 0 aliphatic carbocycles. The minimum absolute atomic E-state index is 0.708. The summed E-state index contributed by atoms with van der Waals surface area (Å²) < 4.78 is 1.31. The third kappa shape index (κ3) is 4.57. The van der Waals surface area contributed by atoms with E-state index in [1.807, 2.05) is 11.3 Å². The van der Waals surface area contributed by atoms with Crippen LogP contribution < -0.4 is 5.32 Å². The summed E-state index contributed by atoms with van der Waals surface area (Å²) in [5.74, 6) is 1.43. The van der Waals surface area contributed by atoms with Crippen molar-refractivity contribution in [2.75, 3.05) is 13.1 Å². The van der Waals surface area contributed by atoms with Gasteiger partial charge in [-0.1, -0.05) is 39.3 Å². The molecule has 0 spiro atoms. The Kier molecular flexibility index (Phi) is 5.99. The van der Waals surface area contributed by atoms with Crippen molar-refractivity contribution in [3.8, 4) is 0 Å². The van der Waals surface area contributed by atoms with Crippen LogP contribution >= 0.6 is 11.3 Å². The standard InChI is InChI=1S/C17H26N2S/c1-4-7-14(12-18-11-13(2)3)10-17-19-15-8-5-6-9-16(15)20-17/h5-6,8-9,13-14,18H,4,7,10-12H2,1-3H3. The first-order chi connectivity index (χ1) is 9.69. The molecule has 2 nitrogen and oxygen atoms in total. The van der Waals surface area contributed by atoms with Crippen molar-refractivity contribution in [3.05, 3.63) is 29.3 Å². The molecule has 0 fully saturated rings. The molecule has 0 amide bonds. The zero-order chi connectivity index (χ0) is 14.4. The first-order valence-electron chi connectivity index (χ1n) is 7.74. The second-order valence-corrected chi connectivity index (χ2v) is 7.10. The van der Waals surface area contributed by atoms with Crippen LogP contribution in [-0.4, -0.2) is 18.1 Å². The second kappa shape index (κ2) is 7.75. The smallest absolute Gasteiger partial charge is 0.0941 e. The topological polar surface area (TPSA) is 24.9 Å². The summed E-state index contributed by atoms with van der Waals surface area (Å²) in [5, 5.41) is 4.89. The Hall–Kier alpha value is -0.930. The maximum Gasteiger partial charge on any atom is 0.0941 e. The van der Waals surface area contributed by atoms with Crippen molar-refractivity contribution in [1.29, 1.82) is 0 Å². The van der Waals surface area contributed by atoms with Gasteiger partial charge in [0.1, 0.15) is 0 Å². The van der Waals surface area contributed by atoms with Crippen LogP contribution in [0.2, 0.25) is 0 Å². The highest BCUT2D eigenvalue weighted by molar-refractivity contribution is 7.18. The minimum Gasteiger partial charge on any atom is -0.316 e. The minimum atomic E-state index is 0.708. The molecular formula is C17H26N2S. The summed E-state index contributed by atoms with van der Waals surface area (Å²) in [6, 6.07) is 8.45. The molecule has 1 atom stereocenters. The predicted molar refractivity (Wildman–Crippen MR) is 89.4 cm³/mol. The summed E-state index contributed by atoms with van der Waals surface area (Å²) >= 11 is 1.85. The molecule has 1 unspecified atom stereocenters. The molecule has 0 saturated carbocycles. The Labute approximate surface area is 126 Å². The number of hydrogen-bond donors (Lipinski definition) is 1. The van der Waals surface area contributed by atoms with Gasteiger partial charge in [0.25, 0.3) is 0 Å². The molecule has 1 heterocycles. The number of para-hydroxylation sites is 1. The van der Waals surface area contributed by atoms with E-state index in [1.165, 1.54) is 22.5 Å². The van der Waals surface area contributed by atoms with E-state index in [1.54, 1.807) is 0 Å². The van der Waals surface area contributed by atoms with Crippen LogP contribution in [0.5, 0.6) is 0 Å². The Bertz CT molecular complexity index is 485. The second-order valence-electron chi connectivity index (χ2n) is 5.99. The molecule has 1 aromatic carbocycles. The molecule has 0 aliphatic heterocycles. The van der Waals surface area contributed by atoms with Crippen molar-refractivity contribution in [2.24, 2.45) is 11.8 Å². The molecule has 110 valence electrons. The Balaban J connectivity index is 1.95. The molecule has 2 aromatic rings. The Morgan fingerprint density at radius 1 is 1.20 bits per heavy atom. The Morgan fingerprint density at radius 2 is 2.00 bits per heavy atom. The lowest BCUT2D eigenvalue weighted by molar-refractivity contribution is 0.421. The van der Waals surface area contributed by atoms with Crippen LogP contribution in [0.3, 0.4) is 0 Å². The molecule has 0 bridgehead atoms. The first-order valence-corrected chi connectivity index (χ1v) is 8.55. The highest BCUT2D eigenvalue weighted by Gasteiger charge is 2.12. The van der Waals surface area contributed by atoms with Crippen LogP contribution in [0, 0.1) is 11.8 Å². The lowest BCUT2D eigenvalue weighted by Gasteiger charge is -2.16. The monoisotopic (exact) mass is 290 g/mol. The molecular weight excluding hydrogens is 264 g/mol. The van der Waals surface area contributed by atoms with Crippen LogP contribution in [0.1, 0.15) is 38.6 Å². The number of nitrogens with one attached hydrogen (secondary N) is 1. The van der Waals surface area contributed by atoms with Crippen LogP contribution in [0.4, 0.5) is 0 Å². The first kappa shape index (κ1) is 15.5. The van der Waals surface area contributed by atoms with Crippen molar-refractivity contribution in [1.82, 2.24) is 10.3 Å². The van der Waals surface area contributed by atoms with Crippen molar-refractivity contribution in [2.45, 2.75) is 40.0 Å². The number of rotatable bonds is 8. The third-order valence-corrected chi connectivity index (χ3v) is 4.54. The molecule has 1 N–H and O–H groups in total. The van der Waals surface area contributed by atoms with E-state index in [-0.39, 0.29) is 0 Å². The van der Waals surface area contributed by atoms with Gasteiger partial charge in [-0.2, -0.15) is 0 Å². The highest BCUT2D eigenvalue weighted by Crippen LogP contribution is 2.24. The van der Waals surface area contributed by atoms with Crippen LogP contribution in [0.25, 0.3) is 10.2 Å². The molecule has 0 aliphatic rings. The molecule has 20 heavy (non-hydrogen) atoms. The SMILES string of the molecule is CCCC(CNCC(C)C)Cc1nc2ccccc2s1. The number of hydrogen-bond acceptors (Lipinski definition) is 3. The summed E-state index contributed by atoms with van der Waals surface area (Å²) in [7, 11) is 0. The van der Waals surface area contributed by atoms with Gasteiger partial charge in [0.2, 0.25) is 0 Å². The lowest BCUT2D eigenvalue weighted by atomic mass is 10.00. The fourth-order valence-corrected chi connectivity index (χ4v) is 3.60. The van der Waals surface area contributed by atoms with Gasteiger partial charge >= 0.3 is 0 Å². The van der Waals surface area contributed by atoms with Gasteiger partial charge in [-0.25, -0.2) is 4.98 Å². The van der Waals surface area contributed by atoms with E-state index in [0.29, 0.717) is 5.92 Å². The third-order valence-electron chi connectivity index (χ3n) is 3.48. The highest BCUT2D eigenvalue weighted by atomic mass is 32.1. The summed E-state index contributed by atoms with van der Waals surface area (Å²) in [4.78, 5) is 4.77. The van der Waals surface area contributed by atoms with Gasteiger partial charge < -0.3 is 5.32 Å².